The number of imidazole rings is 1. The van der Waals surface area contributed by atoms with Crippen molar-refractivity contribution in [1.82, 2.24) is 24.8 Å². The smallest absolute Gasteiger partial charge is 0.199 e. The van der Waals surface area contributed by atoms with E-state index in [2.05, 4.69) is 25.6 Å². The SMILES string of the molecule is CCn1c(-c2nonc2N)nc2cncc(Nc3ccccc3)c21. The van der Waals surface area contributed by atoms with E-state index in [0.29, 0.717) is 18.1 Å². The number of aryl methyl sites for hydroxylation is 1. The number of pyridine rings is 1. The van der Waals surface area contributed by atoms with E-state index in [1.54, 1.807) is 12.4 Å². The number of para-hydroxylation sites is 1. The van der Waals surface area contributed by atoms with E-state index in [1.165, 1.54) is 0 Å². The number of hydrogen-bond acceptors (Lipinski definition) is 7. The van der Waals surface area contributed by atoms with Gasteiger partial charge in [-0.05, 0) is 29.4 Å². The van der Waals surface area contributed by atoms with Crippen molar-refractivity contribution < 1.29 is 4.63 Å². The number of hydrogen-bond donors (Lipinski definition) is 2. The first-order valence-corrected chi connectivity index (χ1v) is 7.52. The molecule has 24 heavy (non-hydrogen) atoms. The van der Waals surface area contributed by atoms with E-state index in [1.807, 2.05) is 41.8 Å². The molecule has 3 N–H and O–H groups in total. The predicted octanol–water partition coefficient (Wildman–Crippen LogP) is 2.83. The Morgan fingerprint density at radius 1 is 1.17 bits per heavy atom. The first-order valence-electron chi connectivity index (χ1n) is 7.52. The highest BCUT2D eigenvalue weighted by Gasteiger charge is 2.20. The third-order valence-corrected chi connectivity index (χ3v) is 3.74. The van der Waals surface area contributed by atoms with Crippen LogP contribution < -0.4 is 11.1 Å². The van der Waals surface area contributed by atoms with Gasteiger partial charge < -0.3 is 15.6 Å². The number of aromatic nitrogens is 5. The molecule has 0 aliphatic rings. The number of benzene rings is 1. The maximum Gasteiger partial charge on any atom is 0.199 e. The molecule has 0 unspecified atom stereocenters. The lowest BCUT2D eigenvalue weighted by molar-refractivity contribution is 0.310. The van der Waals surface area contributed by atoms with Crippen LogP contribution in [0.4, 0.5) is 17.2 Å². The van der Waals surface area contributed by atoms with Crippen LogP contribution in [0.3, 0.4) is 0 Å². The number of anilines is 3. The molecule has 0 amide bonds. The van der Waals surface area contributed by atoms with E-state index in [4.69, 9.17) is 10.4 Å². The summed E-state index contributed by atoms with van der Waals surface area (Å²) in [5.74, 6) is 0.820. The summed E-state index contributed by atoms with van der Waals surface area (Å²) in [6.45, 7) is 2.71. The molecule has 0 spiro atoms. The van der Waals surface area contributed by atoms with Gasteiger partial charge in [0, 0.05) is 12.2 Å². The summed E-state index contributed by atoms with van der Waals surface area (Å²) < 4.78 is 6.72. The van der Waals surface area contributed by atoms with Crippen LogP contribution in [0.1, 0.15) is 6.92 Å². The molecule has 3 heterocycles. The Balaban J connectivity index is 1.90. The van der Waals surface area contributed by atoms with Gasteiger partial charge in [-0.1, -0.05) is 18.2 Å². The normalized spacial score (nSPS) is 11.0. The molecule has 8 nitrogen and oxygen atoms in total. The fraction of sp³-hybridized carbons (Fsp3) is 0.125. The van der Waals surface area contributed by atoms with Gasteiger partial charge >= 0.3 is 0 Å². The number of fused-ring (bicyclic) bond motifs is 1. The minimum absolute atomic E-state index is 0.213. The number of nitrogen functional groups attached to an aromatic ring is 1. The Morgan fingerprint density at radius 3 is 2.71 bits per heavy atom. The Labute approximate surface area is 137 Å². The summed E-state index contributed by atoms with van der Waals surface area (Å²) >= 11 is 0. The van der Waals surface area contributed by atoms with Crippen LogP contribution in [0.5, 0.6) is 0 Å². The van der Waals surface area contributed by atoms with Crippen LogP contribution in [-0.2, 0) is 6.54 Å². The highest BCUT2D eigenvalue weighted by molar-refractivity contribution is 5.92. The molecule has 8 heteroatoms. The molecule has 1 aromatic carbocycles. The molecule has 0 aliphatic heterocycles. The Kier molecular flexibility index (Phi) is 3.34. The van der Waals surface area contributed by atoms with Gasteiger partial charge in [-0.25, -0.2) is 9.61 Å². The highest BCUT2D eigenvalue weighted by Crippen LogP contribution is 2.31. The van der Waals surface area contributed by atoms with E-state index in [9.17, 15) is 0 Å². The van der Waals surface area contributed by atoms with E-state index < -0.39 is 0 Å². The molecule has 120 valence electrons. The van der Waals surface area contributed by atoms with Crippen molar-refractivity contribution in [2.45, 2.75) is 13.5 Å². The molecule has 4 aromatic rings. The van der Waals surface area contributed by atoms with Crippen molar-refractivity contribution in [3.63, 3.8) is 0 Å². The molecule has 4 rings (SSSR count). The maximum atomic E-state index is 5.83. The topological polar surface area (TPSA) is 108 Å². The van der Waals surface area contributed by atoms with Crippen molar-refractivity contribution in [3.05, 3.63) is 42.7 Å². The second kappa shape index (κ2) is 5.65. The fourth-order valence-corrected chi connectivity index (χ4v) is 2.70. The van der Waals surface area contributed by atoms with E-state index in [0.717, 1.165) is 22.4 Å². The molecular formula is C16H15N7O. The van der Waals surface area contributed by atoms with Gasteiger partial charge in [0.25, 0.3) is 0 Å². The average Bonchev–Trinajstić information content (AvgIpc) is 3.19. The quantitative estimate of drug-likeness (QED) is 0.595. The number of rotatable bonds is 4. The summed E-state index contributed by atoms with van der Waals surface area (Å²) in [6.07, 6.45) is 3.49. The van der Waals surface area contributed by atoms with Crippen LogP contribution in [0.15, 0.2) is 47.4 Å². The summed E-state index contributed by atoms with van der Waals surface area (Å²) in [5.41, 5.74) is 9.76. The molecule has 0 fully saturated rings. The average molecular weight is 321 g/mol. The van der Waals surface area contributed by atoms with Crippen molar-refractivity contribution in [3.8, 4) is 11.5 Å². The number of nitrogens with zero attached hydrogens (tertiary/aromatic N) is 5. The van der Waals surface area contributed by atoms with Crippen LogP contribution in [0.25, 0.3) is 22.6 Å². The van der Waals surface area contributed by atoms with Crippen LogP contribution >= 0.6 is 0 Å². The number of nitrogens with one attached hydrogen (secondary N) is 1. The monoisotopic (exact) mass is 321 g/mol. The highest BCUT2D eigenvalue weighted by atomic mass is 16.6. The fourth-order valence-electron chi connectivity index (χ4n) is 2.70. The third-order valence-electron chi connectivity index (χ3n) is 3.74. The van der Waals surface area contributed by atoms with Crippen molar-refractivity contribution in [2.75, 3.05) is 11.1 Å². The van der Waals surface area contributed by atoms with Gasteiger partial charge in [-0.3, -0.25) is 4.98 Å². The lowest BCUT2D eigenvalue weighted by Crippen LogP contribution is -2.02. The Hall–Kier alpha value is -3.42. The zero-order valence-electron chi connectivity index (χ0n) is 13.0. The molecule has 0 aliphatic carbocycles. The van der Waals surface area contributed by atoms with Gasteiger partial charge in [0.15, 0.2) is 17.3 Å². The van der Waals surface area contributed by atoms with Gasteiger partial charge in [-0.15, -0.1) is 0 Å². The first-order chi connectivity index (χ1) is 11.8. The summed E-state index contributed by atoms with van der Waals surface area (Å²) in [5, 5.41) is 10.9. The van der Waals surface area contributed by atoms with Gasteiger partial charge in [0.1, 0.15) is 5.52 Å². The molecule has 0 bridgehead atoms. The predicted molar refractivity (Wildman–Crippen MR) is 90.6 cm³/mol. The van der Waals surface area contributed by atoms with Gasteiger partial charge in [0.05, 0.1) is 23.6 Å². The molecular weight excluding hydrogens is 306 g/mol. The van der Waals surface area contributed by atoms with Crippen molar-refractivity contribution >= 4 is 28.2 Å². The van der Waals surface area contributed by atoms with E-state index >= 15 is 0 Å². The standard InChI is InChI=1S/C16H15N7O/c1-2-23-14-11(19-10-6-4-3-5-7-10)8-18-9-12(14)20-16(23)13-15(17)22-24-21-13/h3-9,19H,2H2,1H3,(H2,17,22). The molecule has 0 saturated carbocycles. The molecule has 3 aromatic heterocycles. The molecule has 0 radical (unpaired) electrons. The molecule has 0 saturated heterocycles. The van der Waals surface area contributed by atoms with Gasteiger partial charge in [-0.2, -0.15) is 0 Å². The minimum atomic E-state index is 0.213. The lowest BCUT2D eigenvalue weighted by Gasteiger charge is -2.10. The van der Waals surface area contributed by atoms with Crippen LogP contribution in [0, 0.1) is 0 Å². The largest absolute Gasteiger partial charge is 0.379 e. The first kappa shape index (κ1) is 14.2. The maximum absolute atomic E-state index is 5.83. The zero-order valence-corrected chi connectivity index (χ0v) is 13.0. The number of nitrogens with two attached hydrogens (primary N) is 1. The Bertz CT molecular complexity index is 990. The minimum Gasteiger partial charge on any atom is -0.379 e. The van der Waals surface area contributed by atoms with Crippen molar-refractivity contribution in [1.29, 1.82) is 0 Å². The summed E-state index contributed by atoms with van der Waals surface area (Å²) in [6, 6.07) is 9.90. The second-order valence-corrected chi connectivity index (χ2v) is 5.22. The third kappa shape index (κ3) is 2.24. The Morgan fingerprint density at radius 2 is 2.00 bits per heavy atom. The van der Waals surface area contributed by atoms with Crippen LogP contribution in [0.2, 0.25) is 0 Å². The lowest BCUT2D eigenvalue weighted by atomic mass is 10.3. The zero-order chi connectivity index (χ0) is 16.5. The van der Waals surface area contributed by atoms with Crippen molar-refractivity contribution in [2.24, 2.45) is 0 Å². The summed E-state index contributed by atoms with van der Waals surface area (Å²) in [7, 11) is 0. The van der Waals surface area contributed by atoms with Crippen LogP contribution in [-0.4, -0.2) is 24.8 Å². The molecule has 0 atom stereocenters. The summed E-state index contributed by atoms with van der Waals surface area (Å²) in [4.78, 5) is 8.88. The van der Waals surface area contributed by atoms with E-state index in [-0.39, 0.29) is 5.82 Å². The van der Waals surface area contributed by atoms with Gasteiger partial charge in [0.2, 0.25) is 0 Å². The second-order valence-electron chi connectivity index (χ2n) is 5.22.